The molecule has 4 nitrogen and oxygen atoms in total. The van der Waals surface area contributed by atoms with Crippen LogP contribution >= 0.6 is 39.3 Å². The summed E-state index contributed by atoms with van der Waals surface area (Å²) in [4.78, 5) is 19.4. The number of nitrogens with zero attached hydrogens (tertiary/aromatic N) is 2. The maximum atomic E-state index is 13.1. The van der Waals surface area contributed by atoms with E-state index in [2.05, 4.69) is 20.9 Å². The van der Waals surface area contributed by atoms with Crippen molar-refractivity contribution in [1.82, 2.24) is 4.90 Å². The van der Waals surface area contributed by atoms with Crippen LogP contribution in [-0.2, 0) is 4.79 Å². The Morgan fingerprint density at radius 1 is 1.20 bits per heavy atom. The van der Waals surface area contributed by atoms with E-state index in [0.717, 1.165) is 10.0 Å². The summed E-state index contributed by atoms with van der Waals surface area (Å²) >= 11 is 10.8. The Hall–Kier alpha value is -2.35. The molecule has 1 aromatic heterocycles. The summed E-state index contributed by atoms with van der Waals surface area (Å²) in [5.41, 5.74) is 1.42. The van der Waals surface area contributed by atoms with E-state index in [0.29, 0.717) is 38.8 Å². The van der Waals surface area contributed by atoms with E-state index in [4.69, 9.17) is 16.0 Å². The zero-order valence-corrected chi connectivity index (χ0v) is 18.9. The second-order valence-corrected chi connectivity index (χ2v) is 8.63. The van der Waals surface area contributed by atoms with Gasteiger partial charge in [0.15, 0.2) is 5.17 Å². The van der Waals surface area contributed by atoms with Gasteiger partial charge < -0.3 is 4.42 Å². The van der Waals surface area contributed by atoms with Crippen molar-refractivity contribution in [2.45, 2.75) is 6.92 Å². The number of amides is 1. The fourth-order valence-electron chi connectivity index (χ4n) is 2.86. The van der Waals surface area contributed by atoms with Crippen LogP contribution in [0.5, 0.6) is 0 Å². The van der Waals surface area contributed by atoms with Crippen LogP contribution in [0.3, 0.4) is 0 Å². The number of amidine groups is 1. The third-order valence-corrected chi connectivity index (χ3v) is 6.60. The van der Waals surface area contributed by atoms with Gasteiger partial charge in [0.25, 0.3) is 5.91 Å². The molecular formula is C22H15BrClFN2O2S. The molecule has 0 spiro atoms. The molecule has 0 unspecified atom stereocenters. The van der Waals surface area contributed by atoms with Crippen LogP contribution in [0.4, 0.5) is 10.1 Å². The van der Waals surface area contributed by atoms with Gasteiger partial charge in [0, 0.05) is 22.7 Å². The van der Waals surface area contributed by atoms with Gasteiger partial charge in [-0.3, -0.25) is 9.69 Å². The summed E-state index contributed by atoms with van der Waals surface area (Å²) in [5, 5.41) is 1.14. The molecule has 1 fully saturated rings. The maximum absolute atomic E-state index is 13.1. The molecule has 30 heavy (non-hydrogen) atoms. The number of halogens is 3. The van der Waals surface area contributed by atoms with Crippen LogP contribution in [0.25, 0.3) is 17.4 Å². The average Bonchev–Trinajstić information content (AvgIpc) is 3.31. The number of hydrogen-bond acceptors (Lipinski definition) is 4. The van der Waals surface area contributed by atoms with E-state index in [1.165, 1.54) is 23.9 Å². The number of thioether (sulfide) groups is 1. The summed E-state index contributed by atoms with van der Waals surface area (Å²) in [6.45, 7) is 2.36. The molecule has 1 aliphatic heterocycles. The molecule has 0 bridgehead atoms. The van der Waals surface area contributed by atoms with Crippen molar-refractivity contribution in [3.63, 3.8) is 0 Å². The smallest absolute Gasteiger partial charge is 0.266 e. The number of carbonyl (C=O) groups excluding carboxylic acids is 1. The van der Waals surface area contributed by atoms with Crippen LogP contribution in [0, 0.1) is 5.82 Å². The number of furan rings is 1. The van der Waals surface area contributed by atoms with Gasteiger partial charge in [-0.1, -0.05) is 17.7 Å². The maximum Gasteiger partial charge on any atom is 0.266 e. The van der Waals surface area contributed by atoms with Gasteiger partial charge in [0.1, 0.15) is 17.3 Å². The highest BCUT2D eigenvalue weighted by Gasteiger charge is 2.32. The van der Waals surface area contributed by atoms with E-state index in [1.807, 2.05) is 31.2 Å². The van der Waals surface area contributed by atoms with Crippen molar-refractivity contribution >= 4 is 62.1 Å². The summed E-state index contributed by atoms with van der Waals surface area (Å²) in [7, 11) is 0. The zero-order valence-electron chi connectivity index (χ0n) is 15.7. The van der Waals surface area contributed by atoms with Crippen LogP contribution in [0.1, 0.15) is 12.7 Å². The first kappa shape index (κ1) is 20.9. The quantitative estimate of drug-likeness (QED) is 0.354. The molecule has 0 radical (unpaired) electrons. The number of aliphatic imine (C=N–C) groups is 1. The molecule has 0 N–H and O–H groups in total. The number of carbonyl (C=O) groups is 1. The molecule has 2 aromatic carbocycles. The van der Waals surface area contributed by atoms with Gasteiger partial charge in [-0.2, -0.15) is 0 Å². The number of rotatable bonds is 4. The molecule has 2 heterocycles. The fourth-order valence-corrected chi connectivity index (χ4v) is 4.33. The molecule has 0 saturated carbocycles. The van der Waals surface area contributed by atoms with Crippen molar-refractivity contribution in [1.29, 1.82) is 0 Å². The van der Waals surface area contributed by atoms with Gasteiger partial charge in [-0.25, -0.2) is 9.38 Å². The lowest BCUT2D eigenvalue weighted by Gasteiger charge is -2.11. The first-order valence-corrected chi connectivity index (χ1v) is 11.0. The minimum Gasteiger partial charge on any atom is -0.457 e. The van der Waals surface area contributed by atoms with Gasteiger partial charge in [-0.05, 0) is 83.1 Å². The topological polar surface area (TPSA) is 45.8 Å². The Labute approximate surface area is 190 Å². The largest absolute Gasteiger partial charge is 0.457 e. The predicted molar refractivity (Wildman–Crippen MR) is 123 cm³/mol. The van der Waals surface area contributed by atoms with Gasteiger partial charge in [-0.15, -0.1) is 0 Å². The van der Waals surface area contributed by atoms with Crippen molar-refractivity contribution in [3.05, 3.63) is 80.6 Å². The summed E-state index contributed by atoms with van der Waals surface area (Å²) in [6.07, 6.45) is 1.70. The minimum atomic E-state index is -0.331. The van der Waals surface area contributed by atoms with E-state index < -0.39 is 0 Å². The van der Waals surface area contributed by atoms with E-state index >= 15 is 0 Å². The standard InChI is InChI=1S/C22H15BrClFN2O2S/c1-2-27-21(28)20(30-22(27)26-15-6-4-14(25)5-7-15)12-16-8-10-19(29-16)13-3-9-17(23)18(24)11-13/h3-12H,2H2,1H3/b20-12+,26-22?. The van der Waals surface area contributed by atoms with Crippen molar-refractivity contribution in [2.24, 2.45) is 4.99 Å². The SMILES string of the molecule is CCN1C(=O)/C(=C\c2ccc(-c3ccc(Br)c(Cl)c3)o2)SC1=Nc1ccc(F)cc1. The first-order valence-electron chi connectivity index (χ1n) is 9.05. The number of likely N-dealkylation sites (N-methyl/N-ethyl adjacent to an activating group) is 1. The Kier molecular flexibility index (Phi) is 6.13. The molecule has 1 aliphatic rings. The van der Waals surface area contributed by atoms with Crippen LogP contribution in [0.15, 0.2) is 73.4 Å². The Balaban J connectivity index is 1.61. The minimum absolute atomic E-state index is 0.145. The van der Waals surface area contributed by atoms with Crippen molar-refractivity contribution in [3.8, 4) is 11.3 Å². The molecule has 1 amide bonds. The normalized spacial score (nSPS) is 16.8. The highest BCUT2D eigenvalue weighted by atomic mass is 79.9. The monoisotopic (exact) mass is 504 g/mol. The van der Waals surface area contributed by atoms with Gasteiger partial charge in [0.05, 0.1) is 15.6 Å². The Morgan fingerprint density at radius 2 is 1.97 bits per heavy atom. The lowest BCUT2D eigenvalue weighted by atomic mass is 10.2. The van der Waals surface area contributed by atoms with Crippen molar-refractivity contribution in [2.75, 3.05) is 6.54 Å². The number of hydrogen-bond donors (Lipinski definition) is 0. The molecule has 4 rings (SSSR count). The second-order valence-electron chi connectivity index (χ2n) is 6.36. The van der Waals surface area contributed by atoms with E-state index in [-0.39, 0.29) is 11.7 Å². The van der Waals surface area contributed by atoms with Crippen LogP contribution < -0.4 is 0 Å². The number of benzene rings is 2. The van der Waals surface area contributed by atoms with Crippen LogP contribution in [0.2, 0.25) is 5.02 Å². The van der Waals surface area contributed by atoms with E-state index in [1.54, 1.807) is 29.2 Å². The fraction of sp³-hybridized carbons (Fsp3) is 0.0909. The summed E-state index contributed by atoms with van der Waals surface area (Å²) in [6, 6.07) is 15.0. The Morgan fingerprint density at radius 3 is 2.67 bits per heavy atom. The molecule has 152 valence electrons. The third kappa shape index (κ3) is 4.38. The molecular weight excluding hydrogens is 491 g/mol. The molecule has 0 atom stereocenters. The van der Waals surface area contributed by atoms with Gasteiger partial charge >= 0.3 is 0 Å². The Bertz CT molecular complexity index is 1170. The molecule has 3 aromatic rings. The third-order valence-electron chi connectivity index (χ3n) is 4.36. The lowest BCUT2D eigenvalue weighted by molar-refractivity contribution is -0.122. The molecule has 8 heteroatoms. The summed E-state index contributed by atoms with van der Waals surface area (Å²) in [5.74, 6) is 0.730. The van der Waals surface area contributed by atoms with E-state index in [9.17, 15) is 9.18 Å². The molecule has 0 aliphatic carbocycles. The average molecular weight is 506 g/mol. The highest BCUT2D eigenvalue weighted by Crippen LogP contribution is 2.35. The first-order chi connectivity index (χ1) is 14.4. The highest BCUT2D eigenvalue weighted by molar-refractivity contribution is 9.10. The van der Waals surface area contributed by atoms with Gasteiger partial charge in [0.2, 0.25) is 0 Å². The zero-order chi connectivity index (χ0) is 21.3. The van der Waals surface area contributed by atoms with Crippen LogP contribution in [-0.4, -0.2) is 22.5 Å². The second kappa shape index (κ2) is 8.79. The molecule has 1 saturated heterocycles. The summed E-state index contributed by atoms with van der Waals surface area (Å²) < 4.78 is 19.8. The lowest BCUT2D eigenvalue weighted by Crippen LogP contribution is -2.28. The predicted octanol–water partition coefficient (Wildman–Crippen LogP) is 7.13. The van der Waals surface area contributed by atoms with Crippen molar-refractivity contribution < 1.29 is 13.6 Å².